The van der Waals surface area contributed by atoms with Gasteiger partial charge in [0.25, 0.3) is 11.5 Å². The Balaban J connectivity index is 1.19. The normalized spacial score (nSPS) is 18.7. The number of carbonyl (C=O) groups excluding carboxylic acids is 2. The van der Waals surface area contributed by atoms with Gasteiger partial charge in [0.15, 0.2) is 17.3 Å². The highest BCUT2D eigenvalue weighted by Gasteiger charge is 2.51. The number of halogens is 4. The number of hydrogen-bond donors (Lipinski definition) is 2. The van der Waals surface area contributed by atoms with E-state index >= 15 is 0 Å². The summed E-state index contributed by atoms with van der Waals surface area (Å²) in [6, 6.07) is 8.55. The highest BCUT2D eigenvalue weighted by atomic mass is 35.5. The van der Waals surface area contributed by atoms with Crippen LogP contribution in [0.5, 0.6) is 5.75 Å². The van der Waals surface area contributed by atoms with Crippen molar-refractivity contribution in [2.24, 2.45) is 0 Å². The van der Waals surface area contributed by atoms with Gasteiger partial charge in [0.2, 0.25) is 11.7 Å². The minimum absolute atomic E-state index is 0.0331. The number of aromatic hydroxyl groups is 1. The van der Waals surface area contributed by atoms with E-state index in [1.54, 1.807) is 18.4 Å². The van der Waals surface area contributed by atoms with Crippen LogP contribution in [0.4, 0.5) is 18.9 Å². The molecule has 1 saturated heterocycles. The first-order chi connectivity index (χ1) is 26.4. The van der Waals surface area contributed by atoms with Crippen molar-refractivity contribution in [1.29, 1.82) is 0 Å². The summed E-state index contributed by atoms with van der Waals surface area (Å²) < 4.78 is 49.2. The zero-order chi connectivity index (χ0) is 40.1. The first-order valence-corrected chi connectivity index (χ1v) is 18.3. The maximum atomic E-state index is 14.6. The Morgan fingerprint density at radius 1 is 1.11 bits per heavy atom. The molecule has 2 N–H and O–H groups in total. The van der Waals surface area contributed by atoms with Crippen LogP contribution in [0.3, 0.4) is 0 Å². The second kappa shape index (κ2) is 13.1. The zero-order valence-corrected chi connectivity index (χ0v) is 31.8. The van der Waals surface area contributed by atoms with Crippen molar-refractivity contribution in [1.82, 2.24) is 38.9 Å². The van der Waals surface area contributed by atoms with Gasteiger partial charge < -0.3 is 24.6 Å². The summed E-state index contributed by atoms with van der Waals surface area (Å²) in [4.78, 5) is 58.3. The molecule has 56 heavy (non-hydrogen) atoms. The average Bonchev–Trinajstić information content (AvgIpc) is 3.78. The number of aromatic nitrogens is 6. The van der Waals surface area contributed by atoms with E-state index in [1.165, 1.54) is 11.2 Å². The van der Waals surface area contributed by atoms with Crippen LogP contribution in [0.1, 0.15) is 83.8 Å². The molecule has 6 heterocycles. The van der Waals surface area contributed by atoms with Crippen molar-refractivity contribution in [3.05, 3.63) is 97.4 Å². The quantitative estimate of drug-likeness (QED) is 0.230. The van der Waals surface area contributed by atoms with Crippen molar-refractivity contribution < 1.29 is 32.6 Å². The van der Waals surface area contributed by atoms with Crippen molar-refractivity contribution in [2.75, 3.05) is 25.5 Å². The van der Waals surface area contributed by atoms with Crippen molar-refractivity contribution >= 4 is 34.9 Å². The van der Waals surface area contributed by atoms with E-state index in [1.807, 2.05) is 25.2 Å². The number of nitrogens with one attached hydrogen (secondary N) is 1. The molecule has 0 bridgehead atoms. The van der Waals surface area contributed by atoms with Crippen LogP contribution in [0.2, 0.25) is 5.02 Å². The van der Waals surface area contributed by atoms with Gasteiger partial charge in [0, 0.05) is 30.7 Å². The number of nitrogens with zero attached hydrogens (tertiary/aromatic N) is 8. The fraction of sp³-hybridized carbons (Fsp3) is 0.395. The predicted molar refractivity (Wildman–Crippen MR) is 197 cm³/mol. The van der Waals surface area contributed by atoms with Crippen molar-refractivity contribution in [2.45, 2.75) is 77.0 Å². The lowest BCUT2D eigenvalue weighted by Gasteiger charge is -2.39. The molecule has 0 aliphatic carbocycles. The number of piperidine rings is 1. The molecule has 3 aromatic heterocycles. The zero-order valence-electron chi connectivity index (χ0n) is 31.0. The minimum atomic E-state index is -4.63. The van der Waals surface area contributed by atoms with E-state index < -0.39 is 47.4 Å². The largest absolute Gasteiger partial charge is 0.504 e. The summed E-state index contributed by atoms with van der Waals surface area (Å²) in [7, 11) is 2.04. The molecule has 1 fully saturated rings. The Morgan fingerprint density at radius 3 is 2.54 bits per heavy atom. The topological polar surface area (TPSA) is 160 Å². The van der Waals surface area contributed by atoms with Gasteiger partial charge in [0.05, 0.1) is 39.3 Å². The summed E-state index contributed by atoms with van der Waals surface area (Å²) in [5, 5.41) is 17.5. The lowest BCUT2D eigenvalue weighted by molar-refractivity contribution is -0.137. The molecule has 0 saturated carbocycles. The summed E-state index contributed by atoms with van der Waals surface area (Å²) >= 11 is 6.18. The van der Waals surface area contributed by atoms with Gasteiger partial charge in [-0.05, 0) is 83.0 Å². The molecule has 2 amide bonds. The van der Waals surface area contributed by atoms with Crippen LogP contribution in [-0.2, 0) is 39.9 Å². The van der Waals surface area contributed by atoms with Crippen LogP contribution in [0, 0.1) is 6.92 Å². The number of likely N-dealkylation sites (tertiary alicyclic amines) is 1. The molecule has 292 valence electrons. The lowest BCUT2D eigenvalue weighted by atomic mass is 9.85. The summed E-state index contributed by atoms with van der Waals surface area (Å²) in [6.45, 7) is 8.17. The molecule has 5 aromatic rings. The highest BCUT2D eigenvalue weighted by molar-refractivity contribution is 6.33. The molecule has 1 unspecified atom stereocenters. The molecule has 3 aliphatic rings. The Morgan fingerprint density at radius 2 is 1.84 bits per heavy atom. The number of hydrogen-bond acceptors (Lipinski definition) is 10. The first-order valence-electron chi connectivity index (χ1n) is 17.9. The predicted octanol–water partition coefficient (Wildman–Crippen LogP) is 5.58. The number of alkyl halides is 3. The van der Waals surface area contributed by atoms with Crippen molar-refractivity contribution in [3.63, 3.8) is 0 Å². The van der Waals surface area contributed by atoms with E-state index in [0.29, 0.717) is 17.8 Å². The second-order valence-corrected chi connectivity index (χ2v) is 15.4. The number of anilines is 1. The van der Waals surface area contributed by atoms with E-state index in [-0.39, 0.29) is 76.5 Å². The Labute approximate surface area is 322 Å². The van der Waals surface area contributed by atoms with E-state index in [0.717, 1.165) is 33.8 Å². The molecule has 3 aliphatic heterocycles. The molecule has 0 radical (unpaired) electrons. The fourth-order valence-electron chi connectivity index (χ4n) is 8.11. The number of amides is 2. The third-order valence-electron chi connectivity index (χ3n) is 11.4. The average molecular weight is 792 g/mol. The molecule has 2 aromatic carbocycles. The summed E-state index contributed by atoms with van der Waals surface area (Å²) in [5.41, 5.74) is 0.840. The Kier molecular flexibility index (Phi) is 8.78. The molecular formula is C38H37ClF3N9O5. The van der Waals surface area contributed by atoms with Crippen LogP contribution in [0.15, 0.2) is 47.5 Å². The van der Waals surface area contributed by atoms with E-state index in [9.17, 15) is 32.7 Å². The number of aryl methyl sites for hydroxylation is 1. The third kappa shape index (κ3) is 5.99. The van der Waals surface area contributed by atoms with Gasteiger partial charge in [-0.25, -0.2) is 9.97 Å². The number of carbonyl (C=O) groups is 2. The second-order valence-electron chi connectivity index (χ2n) is 15.0. The van der Waals surface area contributed by atoms with Gasteiger partial charge in [0.1, 0.15) is 18.5 Å². The van der Waals surface area contributed by atoms with Crippen LogP contribution >= 0.6 is 11.6 Å². The van der Waals surface area contributed by atoms with Crippen LogP contribution in [0.25, 0.3) is 17.2 Å². The van der Waals surface area contributed by atoms with Gasteiger partial charge >= 0.3 is 6.18 Å². The van der Waals surface area contributed by atoms with Gasteiger partial charge in [-0.3, -0.25) is 19.3 Å². The first kappa shape index (κ1) is 37.5. The lowest BCUT2D eigenvalue weighted by Crippen LogP contribution is -2.47. The SMILES string of the molecule is Cc1ncnc(C(=O)N2CCC3(CC2)OC(C)c2c3c(=O)n3nc(-c4ccc5c(c4)CN(C)C5(C)C)nc3n2CC(=O)Nc2ccc(C(F)(F)F)cc2Cl)c1O. The number of fused-ring (bicyclic) bond motifs is 4. The van der Waals surface area contributed by atoms with Crippen molar-refractivity contribution in [3.8, 4) is 17.1 Å². The molecular weight excluding hydrogens is 755 g/mol. The van der Waals surface area contributed by atoms with Crippen LogP contribution < -0.4 is 10.9 Å². The number of benzene rings is 2. The minimum Gasteiger partial charge on any atom is -0.504 e. The standard InChI is InChI=1S/C38H37ClF3N9O5/c1-19-31(53)29(44-18-43-19)34(55)49-12-10-37(11-13-49)28-30(20(2)56-37)50(17-27(52)45-26-9-7-23(15-25(26)39)38(40,41)42)35-46-32(47-51(35)33(28)54)21-6-8-24-22(14-21)16-48(5)36(24,3)4/h6-9,14-15,18,20,53H,10-13,16-17H2,1-5H3,(H,45,52). The number of rotatable bonds is 5. The monoisotopic (exact) mass is 791 g/mol. The van der Waals surface area contributed by atoms with Crippen LogP contribution in [-0.4, -0.2) is 76.0 Å². The molecule has 8 rings (SSSR count). The van der Waals surface area contributed by atoms with E-state index in [4.69, 9.17) is 21.3 Å². The summed E-state index contributed by atoms with van der Waals surface area (Å²) in [5.74, 6) is -1.14. The maximum absolute atomic E-state index is 14.6. The molecule has 1 spiro atoms. The fourth-order valence-corrected chi connectivity index (χ4v) is 8.34. The van der Waals surface area contributed by atoms with Gasteiger partial charge in [-0.2, -0.15) is 22.7 Å². The highest BCUT2D eigenvalue weighted by Crippen LogP contribution is 2.48. The summed E-state index contributed by atoms with van der Waals surface area (Å²) in [6.07, 6.45) is -3.75. The Bertz CT molecular complexity index is 2530. The smallest absolute Gasteiger partial charge is 0.416 e. The maximum Gasteiger partial charge on any atom is 0.416 e. The van der Waals surface area contributed by atoms with Gasteiger partial charge in [-0.1, -0.05) is 23.7 Å². The van der Waals surface area contributed by atoms with E-state index in [2.05, 4.69) is 39.1 Å². The molecule has 1 atom stereocenters. The van der Waals surface area contributed by atoms with Gasteiger partial charge in [-0.15, -0.1) is 5.10 Å². The molecule has 18 heteroatoms. The Hall–Kier alpha value is -5.39. The molecule has 14 nitrogen and oxygen atoms in total. The number of ether oxygens (including phenoxy) is 1. The third-order valence-corrected chi connectivity index (χ3v) is 11.7.